The number of aliphatic imine (C=N–C) groups is 1. The summed E-state index contributed by atoms with van der Waals surface area (Å²) in [5.74, 6) is 2.44. The average Bonchev–Trinajstić information content (AvgIpc) is 3.31. The third-order valence-electron chi connectivity index (χ3n) is 6.01. The predicted molar refractivity (Wildman–Crippen MR) is 139 cm³/mol. The first-order chi connectivity index (χ1) is 15.2. The van der Waals surface area contributed by atoms with Gasteiger partial charge in [0.15, 0.2) is 5.96 Å². The highest BCUT2D eigenvalue weighted by Gasteiger charge is 2.23. The van der Waals surface area contributed by atoms with E-state index in [1.54, 1.807) is 6.26 Å². The molecule has 2 aliphatic rings. The summed E-state index contributed by atoms with van der Waals surface area (Å²) in [7, 11) is 0. The number of morpholine rings is 2. The van der Waals surface area contributed by atoms with E-state index in [1.165, 1.54) is 0 Å². The molecule has 8 nitrogen and oxygen atoms in total. The molecule has 3 rings (SSSR count). The van der Waals surface area contributed by atoms with Crippen molar-refractivity contribution in [2.45, 2.75) is 32.7 Å². The van der Waals surface area contributed by atoms with Crippen LogP contribution in [0.1, 0.15) is 26.0 Å². The van der Waals surface area contributed by atoms with E-state index in [0.29, 0.717) is 12.0 Å². The number of guanidine groups is 1. The van der Waals surface area contributed by atoms with Gasteiger partial charge in [-0.2, -0.15) is 0 Å². The van der Waals surface area contributed by atoms with Crippen LogP contribution in [-0.2, 0) is 15.9 Å². The molecule has 0 aliphatic carbocycles. The van der Waals surface area contributed by atoms with Crippen LogP contribution < -0.4 is 10.6 Å². The van der Waals surface area contributed by atoms with Gasteiger partial charge in [-0.05, 0) is 31.0 Å². The van der Waals surface area contributed by atoms with Crippen molar-refractivity contribution in [1.82, 2.24) is 20.4 Å². The first kappa shape index (κ1) is 27.4. The second-order valence-corrected chi connectivity index (χ2v) is 8.64. The van der Waals surface area contributed by atoms with Gasteiger partial charge in [-0.15, -0.1) is 24.0 Å². The fourth-order valence-electron chi connectivity index (χ4n) is 4.11. The molecule has 0 spiro atoms. The lowest BCUT2D eigenvalue weighted by molar-refractivity contribution is 0.00867. The summed E-state index contributed by atoms with van der Waals surface area (Å²) in [6.07, 6.45) is 3.66. The number of nitrogens with one attached hydrogen (secondary N) is 2. The predicted octanol–water partition coefficient (Wildman–Crippen LogP) is 2.05. The maximum atomic E-state index is 5.54. The minimum absolute atomic E-state index is 0. The lowest BCUT2D eigenvalue weighted by atomic mass is 10.0. The molecule has 3 heterocycles. The third kappa shape index (κ3) is 9.94. The van der Waals surface area contributed by atoms with Crippen molar-refractivity contribution >= 4 is 29.9 Å². The van der Waals surface area contributed by atoms with Crippen molar-refractivity contribution in [3.63, 3.8) is 0 Å². The van der Waals surface area contributed by atoms with Crippen LogP contribution in [-0.4, -0.2) is 101 Å². The quantitative estimate of drug-likeness (QED) is 0.185. The van der Waals surface area contributed by atoms with Gasteiger partial charge in [0, 0.05) is 51.7 Å². The zero-order valence-electron chi connectivity index (χ0n) is 19.8. The molecule has 9 heteroatoms. The molecule has 2 aliphatic heterocycles. The molecule has 1 aromatic heterocycles. The number of rotatable bonds is 11. The van der Waals surface area contributed by atoms with Crippen LogP contribution in [0, 0.1) is 5.92 Å². The van der Waals surface area contributed by atoms with E-state index in [9.17, 15) is 0 Å². The zero-order valence-corrected chi connectivity index (χ0v) is 22.1. The Labute approximate surface area is 210 Å². The second kappa shape index (κ2) is 15.9. The number of hydrogen-bond acceptors (Lipinski definition) is 6. The van der Waals surface area contributed by atoms with Gasteiger partial charge < -0.3 is 24.5 Å². The van der Waals surface area contributed by atoms with Gasteiger partial charge in [-0.1, -0.05) is 13.8 Å². The first-order valence-corrected chi connectivity index (χ1v) is 11.9. The number of nitrogens with zero attached hydrogens (tertiary/aromatic N) is 3. The van der Waals surface area contributed by atoms with Crippen LogP contribution in [0.5, 0.6) is 0 Å². The Balaban J connectivity index is 0.00000363. The van der Waals surface area contributed by atoms with Gasteiger partial charge in [0.2, 0.25) is 0 Å². The van der Waals surface area contributed by atoms with Gasteiger partial charge in [0.25, 0.3) is 0 Å². The normalized spacial score (nSPS) is 19.5. The Bertz CT molecular complexity index is 617. The van der Waals surface area contributed by atoms with Crippen LogP contribution >= 0.6 is 24.0 Å². The van der Waals surface area contributed by atoms with Gasteiger partial charge in [0.1, 0.15) is 5.76 Å². The smallest absolute Gasteiger partial charge is 0.191 e. The SMILES string of the molecule is CC(C)C(CN=C(NCCCN1CCOCC1)NCCc1ccco1)N1CCOCC1.I. The molecule has 0 amide bonds. The third-order valence-corrected chi connectivity index (χ3v) is 6.01. The Morgan fingerprint density at radius 2 is 1.72 bits per heavy atom. The van der Waals surface area contributed by atoms with Crippen LogP contribution in [0.3, 0.4) is 0 Å². The van der Waals surface area contributed by atoms with E-state index in [2.05, 4.69) is 34.3 Å². The summed E-state index contributed by atoms with van der Waals surface area (Å²) >= 11 is 0. The van der Waals surface area contributed by atoms with Crippen molar-refractivity contribution in [1.29, 1.82) is 0 Å². The molecule has 1 atom stereocenters. The summed E-state index contributed by atoms with van der Waals surface area (Å²) in [4.78, 5) is 9.97. The molecular formula is C23H42IN5O3. The van der Waals surface area contributed by atoms with Crippen molar-refractivity contribution in [2.75, 3.05) is 78.8 Å². The highest BCUT2D eigenvalue weighted by Crippen LogP contribution is 2.13. The second-order valence-electron chi connectivity index (χ2n) is 8.64. The minimum Gasteiger partial charge on any atom is -0.469 e. The molecule has 1 unspecified atom stereocenters. The van der Waals surface area contributed by atoms with E-state index in [0.717, 1.165) is 103 Å². The molecule has 0 saturated carbocycles. The molecule has 2 saturated heterocycles. The summed E-state index contributed by atoms with van der Waals surface area (Å²) in [6, 6.07) is 4.38. The first-order valence-electron chi connectivity index (χ1n) is 11.9. The van der Waals surface area contributed by atoms with Crippen molar-refractivity contribution in [3.05, 3.63) is 24.2 Å². The summed E-state index contributed by atoms with van der Waals surface area (Å²) < 4.78 is 16.4. The molecule has 0 radical (unpaired) electrons. The summed E-state index contributed by atoms with van der Waals surface area (Å²) in [5, 5.41) is 7.04. The van der Waals surface area contributed by atoms with E-state index in [1.807, 2.05) is 12.1 Å². The largest absolute Gasteiger partial charge is 0.469 e. The van der Waals surface area contributed by atoms with E-state index in [4.69, 9.17) is 18.9 Å². The van der Waals surface area contributed by atoms with Gasteiger partial charge in [0.05, 0.1) is 39.2 Å². The van der Waals surface area contributed by atoms with Crippen molar-refractivity contribution in [2.24, 2.45) is 10.9 Å². The lowest BCUT2D eigenvalue weighted by Crippen LogP contribution is -2.48. The number of furan rings is 1. The minimum atomic E-state index is 0. The van der Waals surface area contributed by atoms with E-state index in [-0.39, 0.29) is 24.0 Å². The van der Waals surface area contributed by atoms with Gasteiger partial charge in [-0.25, -0.2) is 0 Å². The van der Waals surface area contributed by atoms with Crippen LogP contribution in [0.15, 0.2) is 27.8 Å². The molecule has 184 valence electrons. The topological polar surface area (TPSA) is 74.5 Å². The maximum Gasteiger partial charge on any atom is 0.191 e. The monoisotopic (exact) mass is 563 g/mol. The van der Waals surface area contributed by atoms with Crippen LogP contribution in [0.4, 0.5) is 0 Å². The molecule has 0 bridgehead atoms. The number of ether oxygens (including phenoxy) is 2. The van der Waals surface area contributed by atoms with Crippen molar-refractivity contribution in [3.8, 4) is 0 Å². The Kier molecular flexibility index (Phi) is 13.6. The molecule has 2 N–H and O–H groups in total. The Morgan fingerprint density at radius 3 is 2.38 bits per heavy atom. The molecule has 2 fully saturated rings. The number of halogens is 1. The summed E-state index contributed by atoms with van der Waals surface area (Å²) in [5.41, 5.74) is 0. The zero-order chi connectivity index (χ0) is 21.7. The number of hydrogen-bond donors (Lipinski definition) is 2. The fraction of sp³-hybridized carbons (Fsp3) is 0.783. The maximum absolute atomic E-state index is 5.54. The Morgan fingerprint density at radius 1 is 1.03 bits per heavy atom. The Hall–Kier alpha value is -0.880. The van der Waals surface area contributed by atoms with Gasteiger partial charge in [-0.3, -0.25) is 14.8 Å². The van der Waals surface area contributed by atoms with Crippen LogP contribution in [0.2, 0.25) is 0 Å². The van der Waals surface area contributed by atoms with Crippen molar-refractivity contribution < 1.29 is 13.9 Å². The molecule has 1 aromatic rings. The molecule has 0 aromatic carbocycles. The van der Waals surface area contributed by atoms with Crippen LogP contribution in [0.25, 0.3) is 0 Å². The van der Waals surface area contributed by atoms with Gasteiger partial charge >= 0.3 is 0 Å². The van der Waals surface area contributed by atoms with E-state index < -0.39 is 0 Å². The highest BCUT2D eigenvalue weighted by molar-refractivity contribution is 14.0. The molecular weight excluding hydrogens is 521 g/mol. The highest BCUT2D eigenvalue weighted by atomic mass is 127. The lowest BCUT2D eigenvalue weighted by Gasteiger charge is -2.36. The molecule has 32 heavy (non-hydrogen) atoms. The fourth-order valence-corrected chi connectivity index (χ4v) is 4.11. The summed E-state index contributed by atoms with van der Waals surface area (Å²) in [6.45, 7) is 15.6. The average molecular weight is 564 g/mol. The van der Waals surface area contributed by atoms with E-state index >= 15 is 0 Å². The standard InChI is InChI=1S/C23H41N5O3.HI/c1-20(2)22(28-12-17-30-18-13-28)19-26-23(25-8-6-21-5-3-14-31-21)24-7-4-9-27-10-15-29-16-11-27;/h3,5,14,20,22H,4,6-13,15-19H2,1-2H3,(H2,24,25,26);1H.